The number of allylic oxidation sites excluding steroid dienone is 2. The van der Waals surface area contributed by atoms with Gasteiger partial charge in [-0.05, 0) is 25.7 Å². The molecule has 275 valence electrons. The molecule has 3 aromatic carbocycles. The second-order valence-electron chi connectivity index (χ2n) is 15.9. The van der Waals surface area contributed by atoms with Gasteiger partial charge in [0.25, 0.3) is 0 Å². The molecule has 5 rings (SSSR count). The number of aromatic nitrogens is 1. The number of aliphatic hydroxyl groups excluding tert-OH is 1. The molecule has 0 unspecified atom stereocenters. The van der Waals surface area contributed by atoms with Crippen LogP contribution in [0.2, 0.25) is 11.5 Å². The monoisotopic (exact) mass is 943 g/mol. The van der Waals surface area contributed by atoms with Gasteiger partial charge in [0, 0.05) is 37.0 Å². The van der Waals surface area contributed by atoms with Crippen molar-refractivity contribution >= 4 is 59.4 Å². The molecule has 51 heavy (non-hydrogen) atoms. The molecule has 0 saturated carbocycles. The number of ketones is 1. The fraction of sp³-hybridized carbons (Fsp3) is 0.422. The van der Waals surface area contributed by atoms with Gasteiger partial charge in [-0.3, -0.25) is 4.79 Å². The number of benzene rings is 3. The van der Waals surface area contributed by atoms with Crippen molar-refractivity contribution in [3.05, 3.63) is 102 Å². The average molecular weight is 942 g/mol. The Hall–Kier alpha value is -2.57. The summed E-state index contributed by atoms with van der Waals surface area (Å²) < 4.78 is 4.40. The van der Waals surface area contributed by atoms with E-state index >= 15 is 0 Å². The molecule has 0 aliphatic heterocycles. The predicted molar refractivity (Wildman–Crippen MR) is 221 cm³/mol. The number of hydrogen-bond donors (Lipinski definition) is 1. The first-order chi connectivity index (χ1) is 23.5. The third-order valence-corrected chi connectivity index (χ3v) is 22.7. The Kier molecular flexibility index (Phi) is 14.3. The average Bonchev–Trinajstić information content (AvgIpc) is 3.47. The fourth-order valence-electron chi connectivity index (χ4n) is 6.58. The van der Waals surface area contributed by atoms with Gasteiger partial charge in [0.15, 0.2) is 5.78 Å². The van der Waals surface area contributed by atoms with E-state index in [-0.39, 0.29) is 47.9 Å². The predicted octanol–water partition coefficient (Wildman–Crippen LogP) is 12.0. The minimum Gasteiger partial charge on any atom is 0 e. The largest absolute Gasteiger partial charge is 0 e. The molecule has 0 fully saturated rings. The number of pyridine rings is 1. The Bertz CT molecular complexity index is 1980. The van der Waals surface area contributed by atoms with Gasteiger partial charge in [-0.2, -0.15) is 0 Å². The van der Waals surface area contributed by atoms with Crippen molar-refractivity contribution in [1.82, 2.24) is 4.98 Å². The van der Waals surface area contributed by atoms with E-state index < -0.39 is 13.3 Å². The number of carbonyl (C=O) groups is 1. The topological polar surface area (TPSA) is 50.2 Å². The summed E-state index contributed by atoms with van der Waals surface area (Å²) in [5.74, 6) is 5.31. The first kappa shape index (κ1) is 42.8. The molecular formula is C45H58GeIrNO2S-. The van der Waals surface area contributed by atoms with Crippen molar-refractivity contribution in [3.8, 4) is 11.3 Å². The van der Waals surface area contributed by atoms with Crippen LogP contribution in [0.4, 0.5) is 0 Å². The quantitative estimate of drug-likeness (QED) is 0.0657. The molecule has 0 atom stereocenters. The SMILES string of the molecule is CCC(C)(CC)C(=O)/C=C(\O)C(C)(CC)CC.Cc1[c]([Ge]([CH3])([CH3])[c]2ccccc2)sc2c(-c3[c-]c4ccccc4c(C(C)(C)C)c3)nccc12.[Ir]. The van der Waals surface area contributed by atoms with E-state index in [0.717, 1.165) is 42.3 Å². The van der Waals surface area contributed by atoms with Crippen molar-refractivity contribution in [2.24, 2.45) is 10.8 Å². The fourth-order valence-corrected chi connectivity index (χ4v) is 15.7. The van der Waals surface area contributed by atoms with E-state index in [1.54, 1.807) is 3.71 Å². The molecule has 0 saturated heterocycles. The van der Waals surface area contributed by atoms with Crippen LogP contribution in [0.3, 0.4) is 0 Å². The van der Waals surface area contributed by atoms with Gasteiger partial charge in [0.05, 0.1) is 0 Å². The number of aliphatic hydroxyl groups is 1. The molecule has 1 N–H and O–H groups in total. The number of fused-ring (bicyclic) bond motifs is 2. The molecule has 0 aliphatic carbocycles. The van der Waals surface area contributed by atoms with Crippen LogP contribution in [-0.4, -0.2) is 29.1 Å². The Labute approximate surface area is 328 Å². The van der Waals surface area contributed by atoms with Crippen LogP contribution < -0.4 is 8.11 Å². The number of aryl methyl sites for hydroxylation is 1. The Morgan fingerprint density at radius 3 is 1.98 bits per heavy atom. The molecule has 0 aliphatic rings. The van der Waals surface area contributed by atoms with Crippen LogP contribution in [-0.2, 0) is 30.3 Å². The Balaban J connectivity index is 0.000000335. The van der Waals surface area contributed by atoms with Crippen molar-refractivity contribution in [2.45, 2.75) is 112 Å². The van der Waals surface area contributed by atoms with E-state index in [0.29, 0.717) is 0 Å². The molecule has 6 heteroatoms. The number of hydrogen-bond acceptors (Lipinski definition) is 4. The molecule has 2 heterocycles. The third-order valence-electron chi connectivity index (χ3n) is 11.4. The summed E-state index contributed by atoms with van der Waals surface area (Å²) in [5.41, 5.74) is 4.38. The molecule has 5 aromatic rings. The van der Waals surface area contributed by atoms with Gasteiger partial charge < -0.3 is 5.11 Å². The van der Waals surface area contributed by atoms with Gasteiger partial charge in [0.2, 0.25) is 0 Å². The summed E-state index contributed by atoms with van der Waals surface area (Å²) in [5, 5.41) is 13.9. The minimum absolute atomic E-state index is 0. The van der Waals surface area contributed by atoms with Crippen LogP contribution in [0.15, 0.2) is 84.8 Å². The van der Waals surface area contributed by atoms with E-state index in [1.165, 1.54) is 37.1 Å². The maximum Gasteiger partial charge on any atom is 0 e. The van der Waals surface area contributed by atoms with E-state index in [1.807, 2.05) is 59.1 Å². The van der Waals surface area contributed by atoms with Gasteiger partial charge in [-0.25, -0.2) is 0 Å². The summed E-state index contributed by atoms with van der Waals surface area (Å²) in [4.78, 5) is 17.1. The zero-order valence-corrected chi connectivity index (χ0v) is 38.2. The zero-order chi connectivity index (χ0) is 37.1. The van der Waals surface area contributed by atoms with Gasteiger partial charge >= 0.3 is 205 Å². The standard InChI is InChI=1S/C30H30GeNS.C15H28O2.Ir/c1-20-24-16-17-32-27(28(24)33-29(20)31(5,6)23-13-8-7-9-14-23)22-18-21-12-10-11-15-25(21)26(19-22)30(2,3)4;1-7-14(5,8-2)12(16)11-13(17)15(6,9-3)10-4;/h7-17,19H,1-6H3;11,16H,7-10H2,1-6H3;/q-1;;/b;12-11-;. The van der Waals surface area contributed by atoms with E-state index in [2.05, 4.69) is 112 Å². The molecule has 1 radical (unpaired) electrons. The normalized spacial score (nSPS) is 12.7. The van der Waals surface area contributed by atoms with Crippen molar-refractivity contribution in [2.75, 3.05) is 0 Å². The van der Waals surface area contributed by atoms with E-state index in [4.69, 9.17) is 4.98 Å². The second-order valence-corrected chi connectivity index (χ2v) is 26.8. The Morgan fingerprint density at radius 2 is 1.41 bits per heavy atom. The second kappa shape index (κ2) is 17.1. The van der Waals surface area contributed by atoms with Crippen molar-refractivity contribution in [3.63, 3.8) is 0 Å². The summed E-state index contributed by atoms with van der Waals surface area (Å²) in [6, 6.07) is 27.9. The van der Waals surface area contributed by atoms with Crippen LogP contribution in [0, 0.1) is 23.8 Å². The van der Waals surface area contributed by atoms with Crippen LogP contribution in [0.1, 0.15) is 99.1 Å². The summed E-state index contributed by atoms with van der Waals surface area (Å²) in [6.45, 7) is 21.2. The molecule has 0 spiro atoms. The molecule has 0 bridgehead atoms. The van der Waals surface area contributed by atoms with Crippen LogP contribution in [0.25, 0.3) is 32.1 Å². The number of thiophene rings is 1. The molecular weight excluding hydrogens is 883 g/mol. The number of nitrogens with zero attached hydrogens (tertiary/aromatic N) is 1. The van der Waals surface area contributed by atoms with Crippen LogP contribution in [0.5, 0.6) is 0 Å². The zero-order valence-electron chi connectivity index (χ0n) is 32.9. The van der Waals surface area contributed by atoms with Gasteiger partial charge in [-0.15, -0.1) is 0 Å². The summed E-state index contributed by atoms with van der Waals surface area (Å²) in [7, 11) is 0. The minimum atomic E-state index is -2.42. The number of carbonyl (C=O) groups excluding carboxylic acids is 1. The molecule has 2 aromatic heterocycles. The third kappa shape index (κ3) is 8.98. The van der Waals surface area contributed by atoms with Gasteiger partial charge in [0.1, 0.15) is 5.76 Å². The first-order valence-electron chi connectivity index (χ1n) is 18.3. The summed E-state index contributed by atoms with van der Waals surface area (Å²) in [6.07, 6.45) is 6.73. The van der Waals surface area contributed by atoms with Crippen molar-refractivity contribution < 1.29 is 30.0 Å². The Morgan fingerprint density at radius 1 is 0.843 bits per heavy atom. The maximum absolute atomic E-state index is 12.2. The molecule has 0 amide bonds. The van der Waals surface area contributed by atoms with E-state index in [9.17, 15) is 9.90 Å². The summed E-state index contributed by atoms with van der Waals surface area (Å²) >= 11 is -0.452. The first-order valence-corrected chi connectivity index (χ1v) is 25.4. The number of rotatable bonds is 10. The van der Waals surface area contributed by atoms with Crippen molar-refractivity contribution in [1.29, 1.82) is 0 Å². The molecule has 3 nitrogen and oxygen atoms in total. The maximum atomic E-state index is 12.2. The van der Waals surface area contributed by atoms with Crippen LogP contribution >= 0.6 is 11.3 Å². The van der Waals surface area contributed by atoms with Gasteiger partial charge in [-0.1, -0.05) is 41.5 Å². The smallest absolute Gasteiger partial charge is 0 e.